The largest absolute Gasteiger partial charge is 0.484 e. The first-order valence-electron chi connectivity index (χ1n) is 7.45. The maximum Gasteiger partial charge on any atom is 0.339 e. The molecule has 1 N–H and O–H groups in total. The van der Waals surface area contributed by atoms with Crippen LogP contribution in [-0.2, 0) is 9.53 Å². The van der Waals surface area contributed by atoms with E-state index in [1.165, 1.54) is 12.1 Å². The minimum atomic E-state index is -0.533. The molecule has 0 bridgehead atoms. The van der Waals surface area contributed by atoms with E-state index >= 15 is 0 Å². The van der Waals surface area contributed by atoms with E-state index in [1.807, 2.05) is 19.1 Å². The number of amides is 1. The summed E-state index contributed by atoms with van der Waals surface area (Å²) in [5.41, 5.74) is 1.76. The van der Waals surface area contributed by atoms with Gasteiger partial charge in [-0.1, -0.05) is 29.3 Å². The third kappa shape index (κ3) is 4.99. The first-order chi connectivity index (χ1) is 11.5. The number of carbonyl (C=O) groups excluding carboxylic acids is 2. The normalized spacial score (nSPS) is 10.1. The minimum absolute atomic E-state index is 0.138. The van der Waals surface area contributed by atoms with Crippen LogP contribution >= 0.6 is 11.6 Å². The summed E-state index contributed by atoms with van der Waals surface area (Å²) in [6.45, 7) is 3.79. The molecule has 6 heteroatoms. The van der Waals surface area contributed by atoms with Gasteiger partial charge in [-0.05, 0) is 44.2 Å². The van der Waals surface area contributed by atoms with Crippen molar-refractivity contribution in [2.45, 2.75) is 13.8 Å². The predicted octanol–water partition coefficient (Wildman–Crippen LogP) is 3.84. The zero-order valence-electron chi connectivity index (χ0n) is 13.5. The second-order valence-corrected chi connectivity index (χ2v) is 5.47. The van der Waals surface area contributed by atoms with Crippen LogP contribution in [0.1, 0.15) is 22.8 Å². The van der Waals surface area contributed by atoms with Gasteiger partial charge in [0.15, 0.2) is 6.61 Å². The first-order valence-corrected chi connectivity index (χ1v) is 7.83. The lowest BCUT2D eigenvalue weighted by molar-refractivity contribution is -0.118. The smallest absolute Gasteiger partial charge is 0.339 e. The number of hydrogen-bond donors (Lipinski definition) is 1. The van der Waals surface area contributed by atoms with E-state index in [4.69, 9.17) is 21.1 Å². The summed E-state index contributed by atoms with van der Waals surface area (Å²) in [6.07, 6.45) is 0. The maximum absolute atomic E-state index is 12.0. The first kappa shape index (κ1) is 17.8. The molecule has 0 atom stereocenters. The number of hydrogen-bond acceptors (Lipinski definition) is 4. The fourth-order valence-corrected chi connectivity index (χ4v) is 2.14. The number of rotatable bonds is 6. The predicted molar refractivity (Wildman–Crippen MR) is 92.7 cm³/mol. The van der Waals surface area contributed by atoms with Crippen LogP contribution in [0.5, 0.6) is 5.75 Å². The molecule has 2 aromatic carbocycles. The van der Waals surface area contributed by atoms with E-state index < -0.39 is 5.97 Å². The number of nitrogens with one attached hydrogen (secondary N) is 1. The van der Waals surface area contributed by atoms with E-state index in [0.29, 0.717) is 11.4 Å². The Morgan fingerprint density at radius 1 is 1.12 bits per heavy atom. The van der Waals surface area contributed by atoms with Gasteiger partial charge in [0.05, 0.1) is 17.2 Å². The Hall–Kier alpha value is -2.53. The van der Waals surface area contributed by atoms with Crippen molar-refractivity contribution in [3.63, 3.8) is 0 Å². The molecule has 1 amide bonds. The van der Waals surface area contributed by atoms with Gasteiger partial charge in [-0.15, -0.1) is 0 Å². The molecular weight excluding hydrogens is 330 g/mol. The lowest BCUT2D eigenvalue weighted by atomic mass is 10.2. The summed E-state index contributed by atoms with van der Waals surface area (Å²) in [7, 11) is 0. The van der Waals surface area contributed by atoms with Crippen LogP contribution in [0.2, 0.25) is 5.02 Å². The highest BCUT2D eigenvalue weighted by atomic mass is 35.5. The highest BCUT2D eigenvalue weighted by molar-refractivity contribution is 6.33. The molecule has 5 nitrogen and oxygen atoms in total. The molecule has 0 aliphatic rings. The van der Waals surface area contributed by atoms with Gasteiger partial charge in [-0.25, -0.2) is 4.79 Å². The van der Waals surface area contributed by atoms with Crippen LogP contribution in [0.15, 0.2) is 42.5 Å². The average molecular weight is 348 g/mol. The molecule has 0 aliphatic carbocycles. The SMILES string of the molecule is CCOC(=O)c1cc(NC(=O)COc2ccc(C)cc2)ccc1Cl. The molecule has 0 saturated heterocycles. The van der Waals surface area contributed by atoms with E-state index in [1.54, 1.807) is 25.1 Å². The molecule has 0 spiro atoms. The Morgan fingerprint density at radius 3 is 2.50 bits per heavy atom. The maximum atomic E-state index is 12.0. The molecule has 0 heterocycles. The second-order valence-electron chi connectivity index (χ2n) is 5.06. The number of anilines is 1. The van der Waals surface area contributed by atoms with Crippen molar-refractivity contribution >= 4 is 29.2 Å². The van der Waals surface area contributed by atoms with Crippen LogP contribution in [0.25, 0.3) is 0 Å². The van der Waals surface area contributed by atoms with Gasteiger partial charge < -0.3 is 14.8 Å². The van der Waals surface area contributed by atoms with Crippen molar-refractivity contribution in [2.24, 2.45) is 0 Å². The highest BCUT2D eigenvalue weighted by Gasteiger charge is 2.13. The number of carbonyl (C=O) groups is 2. The van der Waals surface area contributed by atoms with Crippen molar-refractivity contribution < 1.29 is 19.1 Å². The summed E-state index contributed by atoms with van der Waals surface area (Å²) < 4.78 is 10.3. The van der Waals surface area contributed by atoms with E-state index in [0.717, 1.165) is 5.56 Å². The van der Waals surface area contributed by atoms with Crippen LogP contribution in [0.3, 0.4) is 0 Å². The molecule has 2 aromatic rings. The molecule has 0 saturated carbocycles. The highest BCUT2D eigenvalue weighted by Crippen LogP contribution is 2.21. The van der Waals surface area contributed by atoms with E-state index in [-0.39, 0.29) is 29.7 Å². The van der Waals surface area contributed by atoms with Crippen molar-refractivity contribution in [2.75, 3.05) is 18.5 Å². The Morgan fingerprint density at radius 2 is 1.83 bits per heavy atom. The summed E-state index contributed by atoms with van der Waals surface area (Å²) >= 11 is 5.98. The van der Waals surface area contributed by atoms with Crippen LogP contribution in [-0.4, -0.2) is 25.1 Å². The molecule has 126 valence electrons. The quantitative estimate of drug-likeness (QED) is 0.806. The topological polar surface area (TPSA) is 64.6 Å². The summed E-state index contributed by atoms with van der Waals surface area (Å²) in [5.74, 6) is -0.263. The monoisotopic (exact) mass is 347 g/mol. The molecule has 0 aliphatic heterocycles. The van der Waals surface area contributed by atoms with E-state index in [2.05, 4.69) is 5.32 Å². The zero-order chi connectivity index (χ0) is 17.5. The number of halogens is 1. The average Bonchev–Trinajstić information content (AvgIpc) is 2.56. The lowest BCUT2D eigenvalue weighted by Gasteiger charge is -2.10. The fraction of sp³-hybridized carbons (Fsp3) is 0.222. The van der Waals surface area contributed by atoms with E-state index in [9.17, 15) is 9.59 Å². The Labute approximate surface area is 145 Å². The zero-order valence-corrected chi connectivity index (χ0v) is 14.2. The molecule has 2 rings (SSSR count). The molecule has 24 heavy (non-hydrogen) atoms. The molecule has 0 fully saturated rings. The van der Waals surface area contributed by atoms with Gasteiger partial charge in [0.2, 0.25) is 0 Å². The second kappa shape index (κ2) is 8.36. The van der Waals surface area contributed by atoms with Crippen molar-refractivity contribution in [1.82, 2.24) is 0 Å². The molecule has 0 unspecified atom stereocenters. The van der Waals surface area contributed by atoms with Crippen LogP contribution in [0, 0.1) is 6.92 Å². The van der Waals surface area contributed by atoms with Gasteiger partial charge in [-0.3, -0.25) is 4.79 Å². The number of aryl methyl sites for hydroxylation is 1. The standard InChI is InChI=1S/C18H18ClNO4/c1-3-23-18(22)15-10-13(6-9-16(15)19)20-17(21)11-24-14-7-4-12(2)5-8-14/h4-10H,3,11H2,1-2H3,(H,20,21). The number of ether oxygens (including phenoxy) is 2. The van der Waals surface area contributed by atoms with Gasteiger partial charge in [-0.2, -0.15) is 0 Å². The van der Waals surface area contributed by atoms with Crippen molar-refractivity contribution in [3.8, 4) is 5.75 Å². The van der Waals surface area contributed by atoms with Crippen LogP contribution < -0.4 is 10.1 Å². The third-order valence-electron chi connectivity index (χ3n) is 3.14. The Kier molecular flexibility index (Phi) is 6.21. The Bertz CT molecular complexity index is 728. The summed E-state index contributed by atoms with van der Waals surface area (Å²) in [4.78, 5) is 23.8. The fourth-order valence-electron chi connectivity index (χ4n) is 1.95. The minimum Gasteiger partial charge on any atom is -0.484 e. The van der Waals surface area contributed by atoms with Crippen LogP contribution in [0.4, 0.5) is 5.69 Å². The lowest BCUT2D eigenvalue weighted by Crippen LogP contribution is -2.20. The number of benzene rings is 2. The summed E-state index contributed by atoms with van der Waals surface area (Å²) in [6, 6.07) is 12.0. The van der Waals surface area contributed by atoms with Gasteiger partial charge >= 0.3 is 5.97 Å². The Balaban J connectivity index is 1.97. The van der Waals surface area contributed by atoms with Crippen molar-refractivity contribution in [3.05, 3.63) is 58.6 Å². The molecule has 0 radical (unpaired) electrons. The van der Waals surface area contributed by atoms with Gasteiger partial charge in [0.25, 0.3) is 5.91 Å². The summed E-state index contributed by atoms with van der Waals surface area (Å²) in [5, 5.41) is 2.92. The molecular formula is C18H18ClNO4. The van der Waals surface area contributed by atoms with Gasteiger partial charge in [0, 0.05) is 5.69 Å². The number of esters is 1. The third-order valence-corrected chi connectivity index (χ3v) is 3.47. The van der Waals surface area contributed by atoms with Crippen molar-refractivity contribution in [1.29, 1.82) is 0 Å². The van der Waals surface area contributed by atoms with Gasteiger partial charge in [0.1, 0.15) is 5.75 Å². The molecule has 0 aromatic heterocycles.